The normalized spacial score (nSPS) is 35.6. The van der Waals surface area contributed by atoms with Crippen LogP contribution >= 0.6 is 0 Å². The van der Waals surface area contributed by atoms with Gasteiger partial charge < -0.3 is 14.8 Å². The van der Waals surface area contributed by atoms with Crippen LogP contribution in [0.1, 0.15) is 51.2 Å². The first kappa shape index (κ1) is 19.8. The van der Waals surface area contributed by atoms with Gasteiger partial charge in [0.2, 0.25) is 5.91 Å². The van der Waals surface area contributed by atoms with Crippen LogP contribution in [0.5, 0.6) is 0 Å². The van der Waals surface area contributed by atoms with Crippen molar-refractivity contribution < 1.29 is 23.0 Å². The van der Waals surface area contributed by atoms with Crippen LogP contribution in [0.25, 0.3) is 0 Å². The van der Waals surface area contributed by atoms with E-state index in [4.69, 9.17) is 9.47 Å². The zero-order valence-corrected chi connectivity index (χ0v) is 16.8. The predicted molar refractivity (Wildman–Crippen MR) is 101 cm³/mol. The highest BCUT2D eigenvalue weighted by Crippen LogP contribution is 2.70. The molecule has 1 saturated heterocycles. The molecule has 1 spiro atoms. The van der Waals surface area contributed by atoms with Crippen molar-refractivity contribution in [1.29, 1.82) is 0 Å². The quantitative estimate of drug-likeness (QED) is 0.823. The molecular weight excluding hydrogens is 364 g/mol. The first-order chi connectivity index (χ1) is 13.3. The van der Waals surface area contributed by atoms with E-state index >= 15 is 0 Å². The number of amides is 1. The minimum Gasteiger partial charge on any atom is -0.384 e. The summed E-state index contributed by atoms with van der Waals surface area (Å²) in [6.07, 6.45) is 2.60. The van der Waals surface area contributed by atoms with E-state index in [1.807, 2.05) is 0 Å². The SMILES string of the molecule is COCCC(=O)N[C@H]1C(C)(C)[C@@H]2C[C@@H]3[C@@H](c4cc(F)ccc4F)OCCC31C2. The highest BCUT2D eigenvalue weighted by molar-refractivity contribution is 5.76. The number of nitrogens with one attached hydrogen (secondary N) is 1. The summed E-state index contributed by atoms with van der Waals surface area (Å²) in [7, 11) is 1.58. The maximum absolute atomic E-state index is 14.5. The van der Waals surface area contributed by atoms with E-state index in [2.05, 4.69) is 19.2 Å². The molecule has 2 bridgehead atoms. The lowest BCUT2D eigenvalue weighted by Gasteiger charge is -2.53. The van der Waals surface area contributed by atoms with Crippen LogP contribution in [0.3, 0.4) is 0 Å². The molecule has 0 aromatic heterocycles. The van der Waals surface area contributed by atoms with Crippen molar-refractivity contribution in [1.82, 2.24) is 5.32 Å². The molecule has 3 fully saturated rings. The van der Waals surface area contributed by atoms with E-state index in [1.54, 1.807) is 7.11 Å². The number of benzene rings is 1. The van der Waals surface area contributed by atoms with Crippen molar-refractivity contribution in [3.8, 4) is 0 Å². The molecule has 1 aliphatic heterocycles. The van der Waals surface area contributed by atoms with Crippen LogP contribution < -0.4 is 5.32 Å². The fourth-order valence-electron chi connectivity index (χ4n) is 6.26. The third kappa shape index (κ3) is 2.96. The molecule has 1 amide bonds. The molecule has 2 aliphatic carbocycles. The number of carbonyl (C=O) groups excluding carboxylic acids is 1. The Morgan fingerprint density at radius 3 is 2.89 bits per heavy atom. The van der Waals surface area contributed by atoms with Gasteiger partial charge in [0, 0.05) is 31.7 Å². The minimum atomic E-state index is -0.469. The van der Waals surface area contributed by atoms with Crippen LogP contribution in [0.4, 0.5) is 8.78 Å². The Labute approximate surface area is 165 Å². The lowest BCUT2D eigenvalue weighted by atomic mass is 9.58. The number of rotatable bonds is 5. The standard InChI is InChI=1S/C22H29F2NO3/c1-21(2)13-10-16-19(15-11-14(23)4-5-17(15)24)28-9-7-22(16,12-13)20(21)25-18(26)6-8-27-3/h4-5,11,13,16,19-20H,6-10,12H2,1-3H3,(H,25,26)/t13-,16-,19-,20+,22?/m1/s1. The monoisotopic (exact) mass is 393 g/mol. The molecular formula is C22H29F2NO3. The van der Waals surface area contributed by atoms with Crippen molar-refractivity contribution >= 4 is 5.91 Å². The second kappa shape index (κ2) is 7.06. The Kier molecular flexibility index (Phi) is 4.99. The van der Waals surface area contributed by atoms with E-state index in [0.29, 0.717) is 31.1 Å². The van der Waals surface area contributed by atoms with Gasteiger partial charge in [0.1, 0.15) is 11.6 Å². The highest BCUT2D eigenvalue weighted by Gasteiger charge is 2.68. The zero-order valence-electron chi connectivity index (χ0n) is 16.8. The maximum Gasteiger partial charge on any atom is 0.222 e. The summed E-state index contributed by atoms with van der Waals surface area (Å²) >= 11 is 0. The van der Waals surface area contributed by atoms with Crippen LogP contribution in [-0.4, -0.2) is 32.3 Å². The molecule has 1 N–H and O–H groups in total. The van der Waals surface area contributed by atoms with Crippen molar-refractivity contribution in [3.05, 3.63) is 35.4 Å². The van der Waals surface area contributed by atoms with Gasteiger partial charge in [-0.3, -0.25) is 4.79 Å². The molecule has 1 heterocycles. The number of methoxy groups -OCH3 is 1. The number of hydrogen-bond donors (Lipinski definition) is 1. The van der Waals surface area contributed by atoms with E-state index < -0.39 is 17.7 Å². The molecule has 4 nitrogen and oxygen atoms in total. The fraction of sp³-hybridized carbons (Fsp3) is 0.682. The Morgan fingerprint density at radius 2 is 2.14 bits per heavy atom. The molecule has 2 saturated carbocycles. The number of carbonyl (C=O) groups is 1. The number of ether oxygens (including phenoxy) is 2. The Hall–Kier alpha value is -1.53. The highest BCUT2D eigenvalue weighted by atomic mass is 19.1. The second-order valence-corrected chi connectivity index (χ2v) is 9.25. The van der Waals surface area contributed by atoms with Crippen molar-refractivity contribution in [2.75, 3.05) is 20.3 Å². The van der Waals surface area contributed by atoms with Gasteiger partial charge in [-0.1, -0.05) is 13.8 Å². The van der Waals surface area contributed by atoms with Crippen LogP contribution in [0, 0.1) is 34.3 Å². The predicted octanol–water partition coefficient (Wildman–Crippen LogP) is 4.00. The molecule has 1 aromatic carbocycles. The summed E-state index contributed by atoms with van der Waals surface area (Å²) in [6, 6.07) is 3.58. The smallest absolute Gasteiger partial charge is 0.222 e. The van der Waals surface area contributed by atoms with Gasteiger partial charge in [0.15, 0.2) is 0 Å². The molecule has 0 radical (unpaired) electrons. The third-order valence-electron chi connectivity index (χ3n) is 7.61. The molecule has 154 valence electrons. The number of hydrogen-bond acceptors (Lipinski definition) is 3. The first-order valence-electron chi connectivity index (χ1n) is 10.1. The summed E-state index contributed by atoms with van der Waals surface area (Å²) in [6.45, 7) is 5.32. The van der Waals surface area contributed by atoms with Gasteiger partial charge in [-0.15, -0.1) is 0 Å². The zero-order chi connectivity index (χ0) is 20.1. The van der Waals surface area contributed by atoms with Gasteiger partial charge in [0.05, 0.1) is 12.7 Å². The summed E-state index contributed by atoms with van der Waals surface area (Å²) in [4.78, 5) is 12.5. The molecule has 4 rings (SSSR count). The van der Waals surface area contributed by atoms with Crippen molar-refractivity contribution in [2.24, 2.45) is 22.7 Å². The lowest BCUT2D eigenvalue weighted by Crippen LogP contribution is -2.59. The van der Waals surface area contributed by atoms with E-state index in [0.717, 1.165) is 25.3 Å². The summed E-state index contributed by atoms with van der Waals surface area (Å²) in [5.41, 5.74) is 0.124. The van der Waals surface area contributed by atoms with Gasteiger partial charge in [-0.2, -0.15) is 0 Å². The average molecular weight is 393 g/mol. The van der Waals surface area contributed by atoms with Crippen molar-refractivity contribution in [3.63, 3.8) is 0 Å². The van der Waals surface area contributed by atoms with Crippen LogP contribution in [0.15, 0.2) is 18.2 Å². The summed E-state index contributed by atoms with van der Waals surface area (Å²) in [5.74, 6) is -0.395. The van der Waals surface area contributed by atoms with E-state index in [9.17, 15) is 13.6 Å². The van der Waals surface area contributed by atoms with E-state index in [-0.39, 0.29) is 28.7 Å². The molecule has 5 atom stereocenters. The van der Waals surface area contributed by atoms with E-state index in [1.165, 1.54) is 12.1 Å². The molecule has 6 heteroatoms. The van der Waals surface area contributed by atoms with Crippen LogP contribution in [-0.2, 0) is 14.3 Å². The lowest BCUT2D eigenvalue weighted by molar-refractivity contribution is -0.138. The minimum absolute atomic E-state index is 0.00359. The fourth-order valence-corrected chi connectivity index (χ4v) is 6.26. The number of halogens is 2. The van der Waals surface area contributed by atoms with Crippen LogP contribution in [0.2, 0.25) is 0 Å². The van der Waals surface area contributed by atoms with Gasteiger partial charge >= 0.3 is 0 Å². The number of fused-ring (bicyclic) bond motifs is 1. The molecule has 1 aromatic rings. The first-order valence-corrected chi connectivity index (χ1v) is 10.1. The molecule has 1 unspecified atom stereocenters. The van der Waals surface area contributed by atoms with Crippen molar-refractivity contribution in [2.45, 2.75) is 51.7 Å². The molecule has 28 heavy (non-hydrogen) atoms. The Bertz CT molecular complexity index is 768. The summed E-state index contributed by atoms with van der Waals surface area (Å²) in [5, 5.41) is 3.28. The average Bonchev–Trinajstić information content (AvgIpc) is 3.14. The van der Waals surface area contributed by atoms with Gasteiger partial charge in [0.25, 0.3) is 0 Å². The second-order valence-electron chi connectivity index (χ2n) is 9.25. The Morgan fingerprint density at radius 1 is 1.36 bits per heavy atom. The maximum atomic E-state index is 14.5. The Balaban J connectivity index is 1.66. The van der Waals surface area contributed by atoms with Gasteiger partial charge in [-0.25, -0.2) is 8.78 Å². The third-order valence-corrected chi connectivity index (χ3v) is 7.61. The summed E-state index contributed by atoms with van der Waals surface area (Å²) < 4.78 is 39.4. The topological polar surface area (TPSA) is 47.6 Å². The largest absolute Gasteiger partial charge is 0.384 e. The van der Waals surface area contributed by atoms with Gasteiger partial charge in [-0.05, 0) is 60.1 Å². The molecule has 3 aliphatic rings.